The maximum Gasteiger partial charge on any atom is 0.0537 e. The van der Waals surface area contributed by atoms with Gasteiger partial charge in [0.2, 0.25) is 0 Å². The maximum atomic E-state index is 4.43. The Balaban J connectivity index is 1.78. The van der Waals surface area contributed by atoms with Crippen LogP contribution in [0.3, 0.4) is 0 Å². The highest BCUT2D eigenvalue weighted by Crippen LogP contribution is 2.20. The Hall–Kier alpha value is -2.13. The average Bonchev–Trinajstić information content (AvgIpc) is 2.88. The molecule has 3 aromatic rings. The lowest BCUT2D eigenvalue weighted by Gasteiger charge is -2.18. The van der Waals surface area contributed by atoms with Gasteiger partial charge in [0.05, 0.1) is 6.20 Å². The molecule has 0 fully saturated rings. The summed E-state index contributed by atoms with van der Waals surface area (Å²) in [6.07, 6.45) is 2.00. The van der Waals surface area contributed by atoms with Crippen LogP contribution in [-0.2, 0) is 19.6 Å². The number of hydrogen-bond acceptors (Lipinski definition) is 2. The summed E-state index contributed by atoms with van der Waals surface area (Å²) in [5.41, 5.74) is 3.96. The summed E-state index contributed by atoms with van der Waals surface area (Å²) in [5, 5.41) is 7.09. The van der Waals surface area contributed by atoms with Crippen molar-refractivity contribution in [2.75, 3.05) is 7.05 Å². The predicted molar refractivity (Wildman–Crippen MR) is 91.8 cm³/mol. The first-order chi connectivity index (χ1) is 10.7. The smallest absolute Gasteiger partial charge is 0.0537 e. The van der Waals surface area contributed by atoms with E-state index in [-0.39, 0.29) is 0 Å². The molecule has 0 N–H and O–H groups in total. The Morgan fingerprint density at radius 3 is 2.50 bits per heavy atom. The van der Waals surface area contributed by atoms with Gasteiger partial charge in [0.15, 0.2) is 0 Å². The van der Waals surface area contributed by atoms with Gasteiger partial charge in [-0.05, 0) is 37.2 Å². The SMILES string of the molecule is CCn1ncc(CN(C)Cc2cccc3ccccc23)c1C. The number of nitrogens with zero attached hydrogens (tertiary/aromatic N) is 3. The van der Waals surface area contributed by atoms with Crippen molar-refractivity contribution >= 4 is 10.8 Å². The molecular weight excluding hydrogens is 270 g/mol. The van der Waals surface area contributed by atoms with Crippen LogP contribution in [-0.4, -0.2) is 21.7 Å². The number of aromatic nitrogens is 2. The van der Waals surface area contributed by atoms with E-state index < -0.39 is 0 Å². The summed E-state index contributed by atoms with van der Waals surface area (Å²) in [5.74, 6) is 0. The standard InChI is InChI=1S/C19H23N3/c1-4-22-15(2)18(12-20-22)14-21(3)13-17-10-7-9-16-8-5-6-11-19(16)17/h5-12H,4,13-14H2,1-3H3. The Labute approximate surface area is 132 Å². The van der Waals surface area contributed by atoms with E-state index in [2.05, 4.69) is 78.0 Å². The molecule has 0 saturated heterocycles. The van der Waals surface area contributed by atoms with Crippen molar-refractivity contribution < 1.29 is 0 Å². The highest BCUT2D eigenvalue weighted by atomic mass is 15.3. The molecule has 2 aromatic carbocycles. The molecule has 0 saturated carbocycles. The van der Waals surface area contributed by atoms with E-state index in [4.69, 9.17) is 0 Å². The molecule has 0 unspecified atom stereocenters. The molecule has 0 bridgehead atoms. The molecule has 1 aromatic heterocycles. The van der Waals surface area contributed by atoms with E-state index in [9.17, 15) is 0 Å². The lowest BCUT2D eigenvalue weighted by molar-refractivity contribution is 0.319. The van der Waals surface area contributed by atoms with Crippen molar-refractivity contribution in [3.63, 3.8) is 0 Å². The number of benzene rings is 2. The highest BCUT2D eigenvalue weighted by molar-refractivity contribution is 5.85. The lowest BCUT2D eigenvalue weighted by atomic mass is 10.0. The molecule has 1 heterocycles. The van der Waals surface area contributed by atoms with Gasteiger partial charge < -0.3 is 0 Å². The molecule has 3 rings (SSSR count). The Kier molecular flexibility index (Phi) is 4.25. The monoisotopic (exact) mass is 293 g/mol. The fraction of sp³-hybridized carbons (Fsp3) is 0.316. The Bertz CT molecular complexity index is 768. The summed E-state index contributed by atoms with van der Waals surface area (Å²) in [6, 6.07) is 15.1. The highest BCUT2D eigenvalue weighted by Gasteiger charge is 2.09. The summed E-state index contributed by atoms with van der Waals surface area (Å²) in [4.78, 5) is 2.35. The first-order valence-electron chi connectivity index (χ1n) is 7.85. The molecule has 3 nitrogen and oxygen atoms in total. The van der Waals surface area contributed by atoms with Gasteiger partial charge in [0.1, 0.15) is 0 Å². The van der Waals surface area contributed by atoms with Crippen LogP contribution in [0.5, 0.6) is 0 Å². The third-order valence-corrected chi connectivity index (χ3v) is 4.26. The number of rotatable bonds is 5. The van der Waals surface area contributed by atoms with E-state index in [1.54, 1.807) is 0 Å². The molecular formula is C19H23N3. The van der Waals surface area contributed by atoms with Crippen molar-refractivity contribution in [3.05, 3.63) is 65.5 Å². The summed E-state index contributed by atoms with van der Waals surface area (Å²) in [6.45, 7) is 7.08. The molecule has 0 radical (unpaired) electrons. The predicted octanol–water partition coefficient (Wildman–Crippen LogP) is 4.00. The second kappa shape index (κ2) is 6.32. The minimum atomic E-state index is 0.926. The fourth-order valence-corrected chi connectivity index (χ4v) is 3.03. The summed E-state index contributed by atoms with van der Waals surface area (Å²) < 4.78 is 2.06. The van der Waals surface area contributed by atoms with Gasteiger partial charge in [-0.25, -0.2) is 0 Å². The topological polar surface area (TPSA) is 21.1 Å². The van der Waals surface area contributed by atoms with Crippen LogP contribution in [0, 0.1) is 6.92 Å². The van der Waals surface area contributed by atoms with Crippen molar-refractivity contribution in [1.82, 2.24) is 14.7 Å². The van der Waals surface area contributed by atoms with Crippen molar-refractivity contribution in [1.29, 1.82) is 0 Å². The molecule has 0 aliphatic rings. The van der Waals surface area contributed by atoms with E-state index in [1.807, 2.05) is 6.20 Å². The molecule has 3 heteroatoms. The summed E-state index contributed by atoms with van der Waals surface area (Å²) in [7, 11) is 2.17. The van der Waals surface area contributed by atoms with Crippen molar-refractivity contribution in [2.45, 2.75) is 33.5 Å². The molecule has 0 amide bonds. The molecule has 0 atom stereocenters. The Morgan fingerprint density at radius 2 is 1.73 bits per heavy atom. The number of aryl methyl sites for hydroxylation is 1. The van der Waals surface area contributed by atoms with Crippen LogP contribution in [0.15, 0.2) is 48.7 Å². The second-order valence-electron chi connectivity index (χ2n) is 5.88. The van der Waals surface area contributed by atoms with Gasteiger partial charge >= 0.3 is 0 Å². The van der Waals surface area contributed by atoms with E-state index in [0.717, 1.165) is 19.6 Å². The zero-order valence-corrected chi connectivity index (χ0v) is 13.6. The van der Waals surface area contributed by atoms with Gasteiger partial charge in [-0.15, -0.1) is 0 Å². The fourth-order valence-electron chi connectivity index (χ4n) is 3.03. The molecule has 0 aliphatic carbocycles. The van der Waals surface area contributed by atoms with Gasteiger partial charge in [-0.2, -0.15) is 5.10 Å². The van der Waals surface area contributed by atoms with Crippen LogP contribution >= 0.6 is 0 Å². The van der Waals surface area contributed by atoms with Crippen LogP contribution < -0.4 is 0 Å². The molecule has 0 aliphatic heterocycles. The largest absolute Gasteiger partial charge is 0.298 e. The van der Waals surface area contributed by atoms with Gasteiger partial charge in [-0.1, -0.05) is 42.5 Å². The molecule has 114 valence electrons. The maximum absolute atomic E-state index is 4.43. The molecule has 22 heavy (non-hydrogen) atoms. The van der Waals surface area contributed by atoms with E-state index in [0.29, 0.717) is 0 Å². The van der Waals surface area contributed by atoms with Crippen LogP contribution in [0.1, 0.15) is 23.7 Å². The Morgan fingerprint density at radius 1 is 1.00 bits per heavy atom. The third kappa shape index (κ3) is 2.90. The third-order valence-electron chi connectivity index (χ3n) is 4.26. The average molecular weight is 293 g/mol. The summed E-state index contributed by atoms with van der Waals surface area (Å²) >= 11 is 0. The number of fused-ring (bicyclic) bond motifs is 1. The zero-order chi connectivity index (χ0) is 15.5. The van der Waals surface area contributed by atoms with Crippen molar-refractivity contribution in [2.24, 2.45) is 0 Å². The minimum absolute atomic E-state index is 0.926. The van der Waals surface area contributed by atoms with Gasteiger partial charge in [0, 0.05) is 30.9 Å². The van der Waals surface area contributed by atoms with Gasteiger partial charge in [0.25, 0.3) is 0 Å². The van der Waals surface area contributed by atoms with Gasteiger partial charge in [-0.3, -0.25) is 9.58 Å². The lowest BCUT2D eigenvalue weighted by Crippen LogP contribution is -2.18. The normalized spacial score (nSPS) is 11.5. The number of hydrogen-bond donors (Lipinski definition) is 0. The van der Waals surface area contributed by atoms with Crippen LogP contribution in [0.4, 0.5) is 0 Å². The second-order valence-corrected chi connectivity index (χ2v) is 5.88. The first kappa shape index (κ1) is 14.8. The van der Waals surface area contributed by atoms with Crippen LogP contribution in [0.25, 0.3) is 10.8 Å². The van der Waals surface area contributed by atoms with E-state index in [1.165, 1.54) is 27.6 Å². The first-order valence-corrected chi connectivity index (χ1v) is 7.85. The quantitative estimate of drug-likeness (QED) is 0.709. The van der Waals surface area contributed by atoms with Crippen molar-refractivity contribution in [3.8, 4) is 0 Å². The minimum Gasteiger partial charge on any atom is -0.298 e. The molecule has 0 spiro atoms. The van der Waals surface area contributed by atoms with Crippen LogP contribution in [0.2, 0.25) is 0 Å². The zero-order valence-electron chi connectivity index (χ0n) is 13.6. The van der Waals surface area contributed by atoms with E-state index >= 15 is 0 Å².